The summed E-state index contributed by atoms with van der Waals surface area (Å²) in [5, 5.41) is 3.67. The smallest absolute Gasteiger partial charge is 0.324 e. The second kappa shape index (κ2) is 7.12. The Morgan fingerprint density at radius 2 is 2.10 bits per heavy atom. The summed E-state index contributed by atoms with van der Waals surface area (Å²) in [6.45, 7) is 1.68. The maximum absolute atomic E-state index is 11.7. The number of benzene rings is 1. The van der Waals surface area contributed by atoms with Crippen molar-refractivity contribution in [1.29, 1.82) is 0 Å². The molecular weight excluding hydrogens is 282 g/mol. The van der Waals surface area contributed by atoms with Crippen LogP contribution >= 0.6 is 12.4 Å². The Morgan fingerprint density at radius 1 is 1.45 bits per heavy atom. The van der Waals surface area contributed by atoms with Crippen molar-refractivity contribution in [2.45, 2.75) is 25.4 Å². The van der Waals surface area contributed by atoms with Crippen LogP contribution in [0.2, 0.25) is 0 Å². The molecule has 2 N–H and O–H groups in total. The summed E-state index contributed by atoms with van der Waals surface area (Å²) in [7, 11) is 0. The topological polar surface area (TPSA) is 84.8 Å². The zero-order valence-electron chi connectivity index (χ0n) is 11.1. The van der Waals surface area contributed by atoms with Gasteiger partial charge >= 0.3 is 12.0 Å². The first kappa shape index (κ1) is 16.3. The lowest BCUT2D eigenvalue weighted by atomic mass is 10.1. The molecule has 20 heavy (non-hydrogen) atoms. The van der Waals surface area contributed by atoms with Crippen molar-refractivity contribution in [3.63, 3.8) is 0 Å². The Kier molecular flexibility index (Phi) is 5.79. The maximum Gasteiger partial charge on any atom is 0.418 e. The minimum Gasteiger partial charge on any atom is -0.324 e. The number of carbonyl (C=O) groups is 2. The SMILES string of the molecule is CC(Cc1ccccc1)[N+]1=NOC(=O)C1C(=O)CN.Cl. The quantitative estimate of drug-likeness (QED) is 0.646. The molecule has 1 aromatic rings. The first-order valence-corrected chi connectivity index (χ1v) is 6.10. The van der Waals surface area contributed by atoms with Crippen LogP contribution in [0.25, 0.3) is 0 Å². The lowest BCUT2D eigenvalue weighted by Gasteiger charge is -2.08. The number of nitrogens with two attached hydrogens (primary N) is 1. The van der Waals surface area contributed by atoms with E-state index in [1.54, 1.807) is 0 Å². The number of hydrogen-bond acceptors (Lipinski definition) is 5. The number of rotatable bonds is 5. The standard InChI is InChI=1S/C13H16N3O3.ClH/c1-9(7-10-5-3-2-4-6-10)16-12(11(17)8-14)13(18)19-15-16;/h2-6,9,12H,7-8,14H2,1H3;1H/q+1;. The molecule has 7 heteroatoms. The van der Waals surface area contributed by atoms with E-state index in [0.29, 0.717) is 6.42 Å². The first-order chi connectivity index (χ1) is 9.13. The highest BCUT2D eigenvalue weighted by molar-refractivity contribution is 6.02. The van der Waals surface area contributed by atoms with Gasteiger partial charge in [-0.2, -0.15) is 0 Å². The molecule has 2 unspecified atom stereocenters. The minimum absolute atomic E-state index is 0. The van der Waals surface area contributed by atoms with Gasteiger partial charge < -0.3 is 5.73 Å². The van der Waals surface area contributed by atoms with E-state index in [1.807, 2.05) is 37.3 Å². The number of hydrogen-bond donors (Lipinski definition) is 1. The molecule has 108 valence electrons. The van der Waals surface area contributed by atoms with Gasteiger partial charge in [-0.05, 0) is 5.56 Å². The number of nitrogens with zero attached hydrogens (tertiary/aromatic N) is 2. The van der Waals surface area contributed by atoms with Gasteiger partial charge in [-0.15, -0.1) is 12.4 Å². The molecule has 0 aliphatic carbocycles. The summed E-state index contributed by atoms with van der Waals surface area (Å²) in [6, 6.07) is 8.63. The molecule has 1 aromatic carbocycles. The Hall–Kier alpha value is -1.79. The third kappa shape index (κ3) is 3.40. The Labute approximate surface area is 123 Å². The van der Waals surface area contributed by atoms with Gasteiger partial charge in [0.25, 0.3) is 0 Å². The van der Waals surface area contributed by atoms with Crippen LogP contribution in [-0.4, -0.2) is 35.1 Å². The Balaban J connectivity index is 0.00000200. The summed E-state index contributed by atoms with van der Waals surface area (Å²) in [5.41, 5.74) is 6.40. The third-order valence-corrected chi connectivity index (χ3v) is 3.04. The molecule has 0 spiro atoms. The number of ketones is 1. The van der Waals surface area contributed by atoms with Crippen LogP contribution in [0.1, 0.15) is 12.5 Å². The van der Waals surface area contributed by atoms with Crippen LogP contribution in [0.4, 0.5) is 0 Å². The van der Waals surface area contributed by atoms with Crippen LogP contribution in [0.3, 0.4) is 0 Å². The van der Waals surface area contributed by atoms with Crippen molar-refractivity contribution in [3.05, 3.63) is 35.9 Å². The van der Waals surface area contributed by atoms with E-state index in [9.17, 15) is 9.59 Å². The second-order valence-electron chi connectivity index (χ2n) is 4.48. The summed E-state index contributed by atoms with van der Waals surface area (Å²) in [4.78, 5) is 27.8. The second-order valence-corrected chi connectivity index (χ2v) is 4.48. The highest BCUT2D eigenvalue weighted by Gasteiger charge is 2.47. The van der Waals surface area contributed by atoms with Crippen molar-refractivity contribution in [2.75, 3.05) is 6.54 Å². The van der Waals surface area contributed by atoms with E-state index in [0.717, 1.165) is 5.56 Å². The molecule has 2 atom stereocenters. The average molecular weight is 299 g/mol. The molecule has 0 amide bonds. The zero-order valence-corrected chi connectivity index (χ0v) is 11.9. The molecule has 0 aromatic heterocycles. The molecule has 0 bridgehead atoms. The average Bonchev–Trinajstić information content (AvgIpc) is 2.81. The fourth-order valence-electron chi connectivity index (χ4n) is 2.07. The molecule has 1 aliphatic rings. The van der Waals surface area contributed by atoms with E-state index in [2.05, 4.69) is 10.1 Å². The molecule has 0 saturated heterocycles. The summed E-state index contributed by atoms with van der Waals surface area (Å²) in [6.07, 6.45) is 0.662. The van der Waals surface area contributed by atoms with E-state index in [4.69, 9.17) is 5.73 Å². The highest BCUT2D eigenvalue weighted by Crippen LogP contribution is 2.14. The van der Waals surface area contributed by atoms with Crippen LogP contribution in [0.5, 0.6) is 0 Å². The molecular formula is C13H17ClN3O3+. The van der Waals surface area contributed by atoms with E-state index < -0.39 is 12.0 Å². The van der Waals surface area contributed by atoms with Gasteiger partial charge in [0.05, 0.1) is 6.54 Å². The largest absolute Gasteiger partial charge is 0.418 e. The van der Waals surface area contributed by atoms with Crippen LogP contribution in [-0.2, 0) is 20.8 Å². The van der Waals surface area contributed by atoms with Crippen molar-refractivity contribution in [3.8, 4) is 0 Å². The molecule has 1 heterocycles. The molecule has 2 rings (SSSR count). The van der Waals surface area contributed by atoms with Gasteiger partial charge in [-0.3, -0.25) is 9.63 Å². The monoisotopic (exact) mass is 298 g/mol. The fraction of sp³-hybridized carbons (Fsp3) is 0.385. The van der Waals surface area contributed by atoms with Gasteiger partial charge in [0, 0.05) is 13.3 Å². The molecule has 6 nitrogen and oxygen atoms in total. The van der Waals surface area contributed by atoms with E-state index in [-0.39, 0.29) is 30.8 Å². The van der Waals surface area contributed by atoms with Gasteiger partial charge in [-0.25, -0.2) is 4.79 Å². The third-order valence-electron chi connectivity index (χ3n) is 3.04. The predicted octanol–water partition coefficient (Wildman–Crippen LogP) is 0.872. The van der Waals surface area contributed by atoms with Crippen molar-refractivity contribution >= 4 is 24.2 Å². The lowest BCUT2D eigenvalue weighted by molar-refractivity contribution is -0.635. The lowest BCUT2D eigenvalue weighted by Crippen LogP contribution is -2.43. The van der Waals surface area contributed by atoms with Crippen molar-refractivity contribution < 1.29 is 19.1 Å². The van der Waals surface area contributed by atoms with Gasteiger partial charge in [-0.1, -0.05) is 35.0 Å². The molecule has 0 radical (unpaired) electrons. The minimum atomic E-state index is -1.01. The zero-order chi connectivity index (χ0) is 13.8. The van der Waals surface area contributed by atoms with Crippen LogP contribution in [0.15, 0.2) is 35.6 Å². The highest BCUT2D eigenvalue weighted by atomic mass is 35.5. The van der Waals surface area contributed by atoms with Crippen molar-refractivity contribution in [1.82, 2.24) is 0 Å². The van der Waals surface area contributed by atoms with Gasteiger partial charge in [0.15, 0.2) is 11.3 Å². The number of Topliss-reactive ketones (excluding diaryl/α,β-unsaturated/α-hetero) is 1. The normalized spacial score (nSPS) is 18.8. The van der Waals surface area contributed by atoms with Crippen LogP contribution in [0, 0.1) is 0 Å². The van der Waals surface area contributed by atoms with E-state index >= 15 is 0 Å². The summed E-state index contributed by atoms with van der Waals surface area (Å²) in [5.74, 6) is -1.04. The molecule has 0 fully saturated rings. The van der Waals surface area contributed by atoms with Gasteiger partial charge in [0.1, 0.15) is 0 Å². The Bertz CT molecular complexity index is 519. The Morgan fingerprint density at radius 3 is 2.70 bits per heavy atom. The molecule has 1 aliphatic heterocycles. The number of carbonyl (C=O) groups excluding carboxylic acids is 2. The summed E-state index contributed by atoms with van der Waals surface area (Å²) < 4.78 is 1.39. The van der Waals surface area contributed by atoms with Crippen molar-refractivity contribution in [2.24, 2.45) is 11.0 Å². The number of halogens is 1. The fourth-order valence-corrected chi connectivity index (χ4v) is 2.07. The van der Waals surface area contributed by atoms with Gasteiger partial charge in [0.2, 0.25) is 5.78 Å². The maximum atomic E-state index is 11.7. The first-order valence-electron chi connectivity index (χ1n) is 6.10. The summed E-state index contributed by atoms with van der Waals surface area (Å²) >= 11 is 0. The molecule has 0 saturated carbocycles. The predicted molar refractivity (Wildman–Crippen MR) is 73.5 cm³/mol. The van der Waals surface area contributed by atoms with Crippen LogP contribution < -0.4 is 5.73 Å². The van der Waals surface area contributed by atoms with E-state index in [1.165, 1.54) is 4.70 Å².